The molecule has 0 aliphatic heterocycles. The van der Waals surface area contributed by atoms with Crippen molar-refractivity contribution in [1.82, 2.24) is 19.9 Å². The fourth-order valence-electron chi connectivity index (χ4n) is 5.17. The number of hydrogen-bond donors (Lipinski definition) is 6. The minimum Gasteiger partial charge on any atom is -0.506 e. The zero-order valence-corrected chi connectivity index (χ0v) is 28.4. The van der Waals surface area contributed by atoms with Gasteiger partial charge in [0.2, 0.25) is 11.8 Å². The number of aromatic amines is 2. The van der Waals surface area contributed by atoms with E-state index in [0.29, 0.717) is 43.5 Å². The third-order valence-corrected chi connectivity index (χ3v) is 9.72. The van der Waals surface area contributed by atoms with Gasteiger partial charge in [-0.25, -0.2) is 9.97 Å². The van der Waals surface area contributed by atoms with Crippen LogP contribution >= 0.6 is 23.5 Å². The van der Waals surface area contributed by atoms with Gasteiger partial charge in [-0.2, -0.15) is 0 Å². The molecule has 6 rings (SSSR count). The SMILES string of the molecule is CC(C)(c1ccc(NC(=O)CSc2nc3ccc([N+](=O)[O-])cc3[nH]2)c(O)c1)c1ccc(NC(=O)CSc2nc3ccc([N+](=O)[O-])cc3[nH]2)c(O)c1. The standard InChI is InChI=1S/C33H28N8O8S2/c1-33(2,17-3-7-23(27(42)11-17)34-29(44)15-50-31-36-21-9-5-19(40(46)47)13-25(21)38-31)18-4-8-24(28(43)12-18)35-30(45)16-51-32-37-22-10-6-20(41(48)49)14-26(22)39-32/h3-14,42-43H,15-16H2,1-2H3,(H,34,44)(H,35,45)(H,36,38)(H,37,39). The van der Waals surface area contributed by atoms with E-state index in [1.165, 1.54) is 48.5 Å². The molecule has 2 heterocycles. The van der Waals surface area contributed by atoms with Crippen molar-refractivity contribution in [2.45, 2.75) is 29.6 Å². The molecular formula is C33H28N8O8S2. The van der Waals surface area contributed by atoms with Crippen LogP contribution in [0.25, 0.3) is 22.1 Å². The molecule has 2 amide bonds. The lowest BCUT2D eigenvalue weighted by Gasteiger charge is -2.27. The number of H-pyrrole nitrogens is 2. The molecule has 0 aliphatic rings. The predicted molar refractivity (Wildman–Crippen MR) is 193 cm³/mol. The van der Waals surface area contributed by atoms with Gasteiger partial charge in [0.15, 0.2) is 10.3 Å². The van der Waals surface area contributed by atoms with Gasteiger partial charge in [0, 0.05) is 29.7 Å². The number of carbonyl (C=O) groups is 2. The number of nitro benzene ring substituents is 2. The second-order valence-corrected chi connectivity index (χ2v) is 13.7. The summed E-state index contributed by atoms with van der Waals surface area (Å²) in [4.78, 5) is 60.9. The number of nitrogens with one attached hydrogen (secondary N) is 4. The molecule has 0 aliphatic carbocycles. The number of aromatic nitrogens is 4. The van der Waals surface area contributed by atoms with Gasteiger partial charge in [0.1, 0.15) is 11.5 Å². The van der Waals surface area contributed by atoms with Gasteiger partial charge in [-0.15, -0.1) is 0 Å². The van der Waals surface area contributed by atoms with Crippen LogP contribution in [0.15, 0.2) is 83.1 Å². The first-order valence-corrected chi connectivity index (χ1v) is 17.0. The Morgan fingerprint density at radius 1 is 0.706 bits per heavy atom. The second-order valence-electron chi connectivity index (χ2n) is 11.8. The number of rotatable bonds is 12. The summed E-state index contributed by atoms with van der Waals surface area (Å²) >= 11 is 2.21. The summed E-state index contributed by atoms with van der Waals surface area (Å²) in [5.41, 5.74) is 2.92. The molecule has 0 atom stereocenters. The smallest absolute Gasteiger partial charge is 0.271 e. The third kappa shape index (κ3) is 7.71. The van der Waals surface area contributed by atoms with Crippen molar-refractivity contribution in [2.75, 3.05) is 22.1 Å². The highest BCUT2D eigenvalue weighted by Crippen LogP contribution is 2.39. The van der Waals surface area contributed by atoms with Crippen molar-refractivity contribution in [1.29, 1.82) is 0 Å². The molecule has 260 valence electrons. The number of anilines is 2. The quantitative estimate of drug-likeness (QED) is 0.0344. The molecule has 0 fully saturated rings. The lowest BCUT2D eigenvalue weighted by atomic mass is 9.78. The molecule has 4 aromatic carbocycles. The molecule has 6 aromatic rings. The molecular weight excluding hydrogens is 701 g/mol. The summed E-state index contributed by atoms with van der Waals surface area (Å²) in [7, 11) is 0. The second kappa shape index (κ2) is 14.0. The Morgan fingerprint density at radius 3 is 1.49 bits per heavy atom. The van der Waals surface area contributed by atoms with Crippen molar-refractivity contribution in [3.8, 4) is 11.5 Å². The number of benzene rings is 4. The lowest BCUT2D eigenvalue weighted by molar-refractivity contribution is -0.384. The molecule has 51 heavy (non-hydrogen) atoms. The number of nitro groups is 2. The Kier molecular flexibility index (Phi) is 9.53. The number of fused-ring (bicyclic) bond motifs is 2. The summed E-state index contributed by atoms with van der Waals surface area (Å²) in [5.74, 6) is -1.21. The molecule has 0 saturated carbocycles. The average molecular weight is 729 g/mol. The maximum absolute atomic E-state index is 12.7. The predicted octanol–water partition coefficient (Wildman–Crippen LogP) is 6.45. The van der Waals surface area contributed by atoms with Gasteiger partial charge in [-0.3, -0.25) is 29.8 Å². The fourth-order valence-corrected chi connectivity index (χ4v) is 6.54. The largest absolute Gasteiger partial charge is 0.506 e. The molecule has 0 saturated heterocycles. The lowest BCUT2D eigenvalue weighted by Crippen LogP contribution is -2.20. The Balaban J connectivity index is 1.04. The van der Waals surface area contributed by atoms with E-state index in [9.17, 15) is 40.0 Å². The number of amides is 2. The zero-order chi connectivity index (χ0) is 36.4. The molecule has 16 nitrogen and oxygen atoms in total. The van der Waals surface area contributed by atoms with E-state index in [0.717, 1.165) is 23.5 Å². The number of carbonyl (C=O) groups excluding carboxylic acids is 2. The van der Waals surface area contributed by atoms with E-state index in [1.54, 1.807) is 24.3 Å². The minimum absolute atomic E-state index is 0.0396. The highest BCUT2D eigenvalue weighted by atomic mass is 32.2. The van der Waals surface area contributed by atoms with Crippen molar-refractivity contribution in [3.05, 3.63) is 104 Å². The van der Waals surface area contributed by atoms with Gasteiger partial charge >= 0.3 is 0 Å². The van der Waals surface area contributed by atoms with E-state index in [4.69, 9.17) is 0 Å². The minimum atomic E-state index is -0.710. The number of thioether (sulfide) groups is 2. The number of hydrogen-bond acceptors (Lipinski definition) is 12. The van der Waals surface area contributed by atoms with Crippen LogP contribution in [0.5, 0.6) is 11.5 Å². The van der Waals surface area contributed by atoms with Crippen molar-refractivity contribution < 1.29 is 29.6 Å². The van der Waals surface area contributed by atoms with Crippen LogP contribution < -0.4 is 10.6 Å². The molecule has 0 bridgehead atoms. The van der Waals surface area contributed by atoms with E-state index >= 15 is 0 Å². The number of phenols is 2. The molecule has 0 spiro atoms. The average Bonchev–Trinajstić information content (AvgIpc) is 3.70. The fraction of sp³-hybridized carbons (Fsp3) is 0.152. The molecule has 18 heteroatoms. The van der Waals surface area contributed by atoms with Crippen LogP contribution in [-0.2, 0) is 15.0 Å². The summed E-state index contributed by atoms with van der Waals surface area (Å²) in [6, 6.07) is 18.2. The first-order chi connectivity index (χ1) is 24.3. The summed E-state index contributed by atoms with van der Waals surface area (Å²) in [6.45, 7) is 3.79. The van der Waals surface area contributed by atoms with Crippen LogP contribution in [0.4, 0.5) is 22.7 Å². The number of phenolic OH excluding ortho intramolecular Hbond substituents is 2. The van der Waals surface area contributed by atoms with Crippen LogP contribution in [0.2, 0.25) is 0 Å². The first kappa shape index (κ1) is 34.7. The first-order valence-electron chi connectivity index (χ1n) is 15.1. The number of non-ortho nitro benzene ring substituents is 2. The number of imidazole rings is 2. The van der Waals surface area contributed by atoms with Crippen LogP contribution in [0, 0.1) is 20.2 Å². The van der Waals surface area contributed by atoms with Crippen LogP contribution in [0.3, 0.4) is 0 Å². The van der Waals surface area contributed by atoms with E-state index in [2.05, 4.69) is 30.6 Å². The molecule has 6 N–H and O–H groups in total. The Morgan fingerprint density at radius 2 is 1.12 bits per heavy atom. The normalized spacial score (nSPS) is 11.5. The Labute approximate surface area is 296 Å². The van der Waals surface area contributed by atoms with Crippen LogP contribution in [-0.4, -0.2) is 63.3 Å². The third-order valence-electron chi connectivity index (χ3n) is 7.98. The summed E-state index contributed by atoms with van der Waals surface area (Å²) in [5, 5.41) is 49.8. The summed E-state index contributed by atoms with van der Waals surface area (Å²) < 4.78 is 0. The van der Waals surface area contributed by atoms with Gasteiger partial charge in [-0.05, 0) is 47.5 Å². The zero-order valence-electron chi connectivity index (χ0n) is 26.8. The molecule has 2 aromatic heterocycles. The monoisotopic (exact) mass is 728 g/mol. The topological polar surface area (TPSA) is 242 Å². The van der Waals surface area contributed by atoms with Gasteiger partial charge < -0.3 is 30.8 Å². The maximum Gasteiger partial charge on any atom is 0.271 e. The Hall–Kier alpha value is -6.14. The van der Waals surface area contributed by atoms with E-state index in [1.807, 2.05) is 13.8 Å². The number of aromatic hydroxyl groups is 2. The summed E-state index contributed by atoms with van der Waals surface area (Å²) in [6.07, 6.45) is 0. The number of nitrogens with zero attached hydrogens (tertiary/aromatic N) is 4. The highest BCUT2D eigenvalue weighted by molar-refractivity contribution is 8.00. The highest BCUT2D eigenvalue weighted by Gasteiger charge is 2.26. The van der Waals surface area contributed by atoms with Gasteiger partial charge in [0.05, 0.1) is 54.8 Å². The van der Waals surface area contributed by atoms with Crippen LogP contribution in [0.1, 0.15) is 25.0 Å². The maximum atomic E-state index is 12.7. The van der Waals surface area contributed by atoms with E-state index < -0.39 is 27.1 Å². The van der Waals surface area contributed by atoms with Crippen molar-refractivity contribution >= 4 is 80.2 Å². The van der Waals surface area contributed by atoms with Gasteiger partial charge in [-0.1, -0.05) is 49.5 Å². The van der Waals surface area contributed by atoms with Crippen molar-refractivity contribution in [3.63, 3.8) is 0 Å². The van der Waals surface area contributed by atoms with Crippen molar-refractivity contribution in [2.24, 2.45) is 0 Å². The van der Waals surface area contributed by atoms with E-state index in [-0.39, 0.29) is 45.8 Å². The Bertz CT molecular complexity index is 2200. The van der Waals surface area contributed by atoms with Gasteiger partial charge in [0.25, 0.3) is 11.4 Å². The molecule has 0 unspecified atom stereocenters. The molecule has 0 radical (unpaired) electrons.